The van der Waals surface area contributed by atoms with Gasteiger partial charge in [-0.05, 0) is 72.6 Å². The monoisotopic (exact) mass is 954 g/mol. The fraction of sp³-hybridized carbons (Fsp3) is 0.0145. The standard InChI is InChI=1S/C69H42N6/c1-43-36-38-45(39-37-43)63-68(73-57-30-14-8-24-47(57)48-25-9-15-31-58(48)73)55(41-70)65(56(42-71)69(63)74-59-32-16-10-26-49(59)50-27-11-17-33-60(50)74)75-61-34-18-12-28-51(61)54-40-53(44-20-4-2-5-21-44)66-64(67(54)75)52-29-13-19-35-62(52)72(66)46-22-6-3-7-23-46/h2-40H,1H3. The fourth-order valence-corrected chi connectivity index (χ4v) is 12.4. The second kappa shape index (κ2) is 16.3. The number of aryl methyl sites for hydroxylation is 1. The molecule has 15 rings (SSSR count). The van der Waals surface area contributed by atoms with Gasteiger partial charge in [-0.2, -0.15) is 10.5 Å². The second-order valence-electron chi connectivity index (χ2n) is 19.5. The molecule has 6 heteroatoms. The third-order valence-corrected chi connectivity index (χ3v) is 15.5. The Morgan fingerprint density at radius 1 is 0.320 bits per heavy atom. The van der Waals surface area contributed by atoms with E-state index in [-0.39, 0.29) is 0 Å². The van der Waals surface area contributed by atoms with Crippen LogP contribution in [0.15, 0.2) is 237 Å². The molecular weight excluding hydrogens is 913 g/mol. The maximum Gasteiger partial charge on any atom is 0.104 e. The molecule has 0 atom stereocenters. The van der Waals surface area contributed by atoms with E-state index in [4.69, 9.17) is 0 Å². The van der Waals surface area contributed by atoms with Crippen LogP contribution in [0.1, 0.15) is 16.7 Å². The van der Waals surface area contributed by atoms with E-state index in [1.165, 1.54) is 0 Å². The van der Waals surface area contributed by atoms with Gasteiger partial charge in [-0.3, -0.25) is 0 Å². The molecule has 6 nitrogen and oxygen atoms in total. The first-order valence-electron chi connectivity index (χ1n) is 25.3. The minimum absolute atomic E-state index is 0.382. The van der Waals surface area contributed by atoms with Gasteiger partial charge in [0.1, 0.15) is 23.3 Å². The summed E-state index contributed by atoms with van der Waals surface area (Å²) < 4.78 is 9.24. The molecule has 4 heterocycles. The van der Waals surface area contributed by atoms with Crippen molar-refractivity contribution in [2.75, 3.05) is 0 Å². The van der Waals surface area contributed by atoms with Crippen LogP contribution in [0.4, 0.5) is 0 Å². The number of hydrogen-bond acceptors (Lipinski definition) is 2. The highest BCUT2D eigenvalue weighted by Gasteiger charge is 2.34. The van der Waals surface area contributed by atoms with E-state index in [9.17, 15) is 10.5 Å². The topological polar surface area (TPSA) is 67.3 Å². The first-order valence-corrected chi connectivity index (χ1v) is 25.3. The number of nitriles is 2. The molecule has 0 aliphatic rings. The molecule has 0 N–H and O–H groups in total. The molecule has 15 aromatic rings. The Kier molecular flexibility index (Phi) is 9.20. The zero-order chi connectivity index (χ0) is 49.9. The lowest BCUT2D eigenvalue weighted by molar-refractivity contribution is 1.08. The van der Waals surface area contributed by atoms with Gasteiger partial charge in [-0.1, -0.05) is 188 Å². The highest BCUT2D eigenvalue weighted by molar-refractivity contribution is 6.29. The third kappa shape index (κ3) is 5.94. The van der Waals surface area contributed by atoms with Gasteiger partial charge in [-0.15, -0.1) is 0 Å². The number of benzene rings is 11. The smallest absolute Gasteiger partial charge is 0.104 e. The lowest BCUT2D eigenvalue weighted by Gasteiger charge is -2.26. The van der Waals surface area contributed by atoms with Crippen LogP contribution in [-0.4, -0.2) is 18.3 Å². The van der Waals surface area contributed by atoms with Crippen molar-refractivity contribution in [2.45, 2.75) is 6.92 Å². The van der Waals surface area contributed by atoms with Crippen LogP contribution in [0.5, 0.6) is 0 Å². The Bertz CT molecular complexity index is 4700. The van der Waals surface area contributed by atoms with E-state index in [1.54, 1.807) is 0 Å². The van der Waals surface area contributed by atoms with Crippen molar-refractivity contribution in [1.29, 1.82) is 10.5 Å². The molecule has 348 valence electrons. The van der Waals surface area contributed by atoms with E-state index in [2.05, 4.69) is 274 Å². The maximum atomic E-state index is 12.5. The summed E-state index contributed by atoms with van der Waals surface area (Å²) in [6, 6.07) is 88.9. The van der Waals surface area contributed by atoms with Crippen molar-refractivity contribution >= 4 is 87.2 Å². The largest absolute Gasteiger partial charge is 0.309 e. The van der Waals surface area contributed by atoms with Gasteiger partial charge in [0.25, 0.3) is 0 Å². The number of nitrogens with zero attached hydrogens (tertiary/aromatic N) is 6. The quantitative estimate of drug-likeness (QED) is 0.167. The fourth-order valence-electron chi connectivity index (χ4n) is 12.4. The number of hydrogen-bond donors (Lipinski definition) is 0. The Balaban J connectivity index is 1.26. The zero-order valence-corrected chi connectivity index (χ0v) is 40.7. The van der Waals surface area contributed by atoms with E-state index in [0.717, 1.165) is 121 Å². The lowest BCUT2D eigenvalue weighted by atomic mass is 9.91. The molecule has 0 saturated carbocycles. The first-order chi connectivity index (χ1) is 37.1. The van der Waals surface area contributed by atoms with E-state index in [0.29, 0.717) is 28.2 Å². The normalized spacial score (nSPS) is 11.8. The van der Waals surface area contributed by atoms with Gasteiger partial charge in [0.2, 0.25) is 0 Å². The van der Waals surface area contributed by atoms with Crippen molar-refractivity contribution < 1.29 is 0 Å². The predicted octanol–water partition coefficient (Wildman–Crippen LogP) is 17.5. The van der Waals surface area contributed by atoms with Gasteiger partial charge in [-0.25, -0.2) is 0 Å². The molecule has 0 unspecified atom stereocenters. The molecule has 0 bridgehead atoms. The number of rotatable bonds is 6. The number of aromatic nitrogens is 4. The zero-order valence-electron chi connectivity index (χ0n) is 40.7. The van der Waals surface area contributed by atoms with Crippen molar-refractivity contribution in [3.8, 4) is 57.1 Å². The van der Waals surface area contributed by atoms with Crippen LogP contribution in [0.2, 0.25) is 0 Å². The second-order valence-corrected chi connectivity index (χ2v) is 19.5. The van der Waals surface area contributed by atoms with Crippen LogP contribution in [-0.2, 0) is 0 Å². The summed E-state index contributed by atoms with van der Waals surface area (Å²) in [6.45, 7) is 2.09. The SMILES string of the molecule is Cc1ccc(-c2c(-n3c4ccccc4c4ccccc43)c(C#N)c(-n3c4ccccc4c4cc(-c5ccccc5)c5c(c6ccccc6n5-c5ccccc5)c43)c(C#N)c2-n2c3ccccc3c3ccccc32)cc1. The average molecular weight is 955 g/mol. The molecule has 75 heavy (non-hydrogen) atoms. The van der Waals surface area contributed by atoms with Crippen LogP contribution in [0, 0.1) is 29.6 Å². The molecule has 4 aromatic heterocycles. The molecule has 0 aliphatic heterocycles. The maximum absolute atomic E-state index is 12.5. The highest BCUT2D eigenvalue weighted by atomic mass is 15.1. The Morgan fingerprint density at radius 2 is 0.707 bits per heavy atom. The minimum atomic E-state index is 0.382. The summed E-state index contributed by atoms with van der Waals surface area (Å²) in [5.41, 5.74) is 16.3. The van der Waals surface area contributed by atoms with Crippen LogP contribution in [0.3, 0.4) is 0 Å². The minimum Gasteiger partial charge on any atom is -0.309 e. The number of fused-ring (bicyclic) bond motifs is 13. The molecule has 0 aliphatic carbocycles. The van der Waals surface area contributed by atoms with Crippen LogP contribution >= 0.6 is 0 Å². The van der Waals surface area contributed by atoms with Crippen molar-refractivity contribution in [1.82, 2.24) is 18.3 Å². The molecule has 0 amide bonds. The van der Waals surface area contributed by atoms with E-state index < -0.39 is 0 Å². The Hall–Kier alpha value is -10.4. The molecule has 11 aromatic carbocycles. The van der Waals surface area contributed by atoms with Gasteiger partial charge < -0.3 is 18.3 Å². The summed E-state index contributed by atoms with van der Waals surface area (Å²) in [4.78, 5) is 0. The van der Waals surface area contributed by atoms with Crippen LogP contribution in [0.25, 0.3) is 132 Å². The van der Waals surface area contributed by atoms with Gasteiger partial charge in [0.15, 0.2) is 0 Å². The Morgan fingerprint density at radius 3 is 1.17 bits per heavy atom. The highest BCUT2D eigenvalue weighted by Crippen LogP contribution is 2.51. The van der Waals surface area contributed by atoms with Crippen molar-refractivity contribution in [3.63, 3.8) is 0 Å². The van der Waals surface area contributed by atoms with Crippen molar-refractivity contribution in [3.05, 3.63) is 253 Å². The van der Waals surface area contributed by atoms with Gasteiger partial charge in [0, 0.05) is 59.9 Å². The molecule has 0 spiro atoms. The summed E-state index contributed by atoms with van der Waals surface area (Å²) in [5.74, 6) is 0. The lowest BCUT2D eigenvalue weighted by Crippen LogP contribution is -2.14. The van der Waals surface area contributed by atoms with Crippen molar-refractivity contribution in [2.24, 2.45) is 0 Å². The average Bonchev–Trinajstić information content (AvgIpc) is 4.38. The summed E-state index contributed by atoms with van der Waals surface area (Å²) in [6.07, 6.45) is 0. The summed E-state index contributed by atoms with van der Waals surface area (Å²) in [7, 11) is 0. The number of para-hydroxylation sites is 7. The summed E-state index contributed by atoms with van der Waals surface area (Å²) >= 11 is 0. The first kappa shape index (κ1) is 42.3. The summed E-state index contributed by atoms with van der Waals surface area (Å²) in [5, 5.41) is 33.4. The molecule has 0 saturated heterocycles. The molecular formula is C69H42N6. The van der Waals surface area contributed by atoms with E-state index >= 15 is 0 Å². The molecule has 0 fully saturated rings. The third-order valence-electron chi connectivity index (χ3n) is 15.5. The Labute approximate surface area is 431 Å². The molecule has 0 radical (unpaired) electrons. The van der Waals surface area contributed by atoms with E-state index in [1.807, 2.05) is 0 Å². The predicted molar refractivity (Wildman–Crippen MR) is 309 cm³/mol. The van der Waals surface area contributed by atoms with Gasteiger partial charge >= 0.3 is 0 Å². The van der Waals surface area contributed by atoms with Crippen LogP contribution < -0.4 is 0 Å². The van der Waals surface area contributed by atoms with Gasteiger partial charge in [0.05, 0.1) is 61.2 Å².